The molecule has 0 saturated heterocycles. The SMILES string of the molecule is COc1cc2c(CCNC(C)=O)c(C)[nH]c2c(Cl)c1Cl. The zero-order valence-corrected chi connectivity index (χ0v) is 13.1. The fraction of sp³-hybridized carbons (Fsp3) is 0.357. The molecule has 20 heavy (non-hydrogen) atoms. The standard InChI is InChI=1S/C14H16Cl2N2O2/c1-7-9(4-5-17-8(2)19)10-6-11(20-3)12(15)13(16)14(10)18-7/h6,18H,4-5H2,1-3H3,(H,17,19). The monoisotopic (exact) mass is 314 g/mol. The third kappa shape index (κ3) is 2.72. The van der Waals surface area contributed by atoms with Crippen LogP contribution in [-0.4, -0.2) is 24.5 Å². The number of carbonyl (C=O) groups is 1. The van der Waals surface area contributed by atoms with Gasteiger partial charge in [0.1, 0.15) is 10.8 Å². The van der Waals surface area contributed by atoms with Crippen LogP contribution >= 0.6 is 23.2 Å². The number of aryl methyl sites for hydroxylation is 1. The number of hydrogen-bond donors (Lipinski definition) is 2. The number of H-pyrrole nitrogens is 1. The van der Waals surface area contributed by atoms with Crippen LogP contribution in [0.2, 0.25) is 10.0 Å². The van der Waals surface area contributed by atoms with Crippen LogP contribution in [0.1, 0.15) is 18.2 Å². The van der Waals surface area contributed by atoms with Crippen molar-refractivity contribution in [3.05, 3.63) is 27.4 Å². The number of methoxy groups -OCH3 is 1. The second-order valence-corrected chi connectivity index (χ2v) is 5.35. The van der Waals surface area contributed by atoms with Crippen LogP contribution in [0.15, 0.2) is 6.07 Å². The summed E-state index contributed by atoms with van der Waals surface area (Å²) < 4.78 is 5.24. The van der Waals surface area contributed by atoms with Crippen molar-refractivity contribution < 1.29 is 9.53 Å². The summed E-state index contributed by atoms with van der Waals surface area (Å²) in [5.41, 5.74) is 2.91. The van der Waals surface area contributed by atoms with Gasteiger partial charge in [0.25, 0.3) is 0 Å². The minimum Gasteiger partial charge on any atom is -0.495 e. The van der Waals surface area contributed by atoms with E-state index in [1.807, 2.05) is 13.0 Å². The molecule has 0 atom stereocenters. The smallest absolute Gasteiger partial charge is 0.216 e. The fourth-order valence-corrected chi connectivity index (χ4v) is 2.73. The van der Waals surface area contributed by atoms with Crippen LogP contribution in [0.3, 0.4) is 0 Å². The molecule has 108 valence electrons. The Morgan fingerprint density at radius 2 is 2.10 bits per heavy atom. The number of amides is 1. The van der Waals surface area contributed by atoms with E-state index in [2.05, 4.69) is 10.3 Å². The fourth-order valence-electron chi connectivity index (χ4n) is 2.26. The van der Waals surface area contributed by atoms with Crippen molar-refractivity contribution in [2.24, 2.45) is 0 Å². The quantitative estimate of drug-likeness (QED) is 0.908. The second kappa shape index (κ2) is 5.94. The number of aromatic amines is 1. The van der Waals surface area contributed by atoms with E-state index in [0.29, 0.717) is 28.8 Å². The van der Waals surface area contributed by atoms with E-state index >= 15 is 0 Å². The van der Waals surface area contributed by atoms with Crippen molar-refractivity contribution in [1.82, 2.24) is 10.3 Å². The maximum absolute atomic E-state index is 10.9. The highest BCUT2D eigenvalue weighted by Crippen LogP contribution is 2.40. The predicted octanol–water partition coefficient (Wildman–Crippen LogP) is 3.47. The summed E-state index contributed by atoms with van der Waals surface area (Å²) in [5.74, 6) is 0.505. The van der Waals surface area contributed by atoms with Crippen molar-refractivity contribution >= 4 is 40.0 Å². The molecule has 0 aliphatic carbocycles. The molecule has 6 heteroatoms. The summed E-state index contributed by atoms with van der Waals surface area (Å²) in [5, 5.41) is 4.61. The lowest BCUT2D eigenvalue weighted by Crippen LogP contribution is -2.22. The first-order valence-corrected chi connectivity index (χ1v) is 6.98. The van der Waals surface area contributed by atoms with E-state index in [4.69, 9.17) is 27.9 Å². The number of halogens is 2. The van der Waals surface area contributed by atoms with Crippen molar-refractivity contribution in [3.63, 3.8) is 0 Å². The molecule has 2 aromatic rings. The molecular weight excluding hydrogens is 299 g/mol. The molecule has 1 aromatic heterocycles. The molecule has 0 bridgehead atoms. The van der Waals surface area contributed by atoms with Crippen LogP contribution in [0.5, 0.6) is 5.75 Å². The van der Waals surface area contributed by atoms with Crippen molar-refractivity contribution in [2.75, 3.05) is 13.7 Å². The highest BCUT2D eigenvalue weighted by Gasteiger charge is 2.16. The summed E-state index contributed by atoms with van der Waals surface area (Å²) in [6.07, 6.45) is 0.715. The molecular formula is C14H16Cl2N2O2. The normalized spacial score (nSPS) is 10.8. The molecule has 0 saturated carbocycles. The molecule has 0 spiro atoms. The number of nitrogens with one attached hydrogen (secondary N) is 2. The Kier molecular flexibility index (Phi) is 4.45. The Morgan fingerprint density at radius 3 is 2.70 bits per heavy atom. The minimum atomic E-state index is -0.0406. The van der Waals surface area contributed by atoms with Gasteiger partial charge in [-0.25, -0.2) is 0 Å². The molecule has 1 aromatic carbocycles. The Balaban J connectivity index is 2.46. The number of ether oxygens (including phenoxy) is 1. The molecule has 1 amide bonds. The average molecular weight is 315 g/mol. The Morgan fingerprint density at radius 1 is 1.40 bits per heavy atom. The zero-order chi connectivity index (χ0) is 14.9. The number of rotatable bonds is 4. The summed E-state index contributed by atoms with van der Waals surface area (Å²) in [7, 11) is 1.56. The number of carbonyl (C=O) groups excluding carboxylic acids is 1. The van der Waals surface area contributed by atoms with Gasteiger partial charge in [0, 0.05) is 24.5 Å². The summed E-state index contributed by atoms with van der Waals surface area (Å²) in [6, 6.07) is 1.87. The largest absolute Gasteiger partial charge is 0.495 e. The van der Waals surface area contributed by atoms with Gasteiger partial charge >= 0.3 is 0 Å². The molecule has 0 radical (unpaired) electrons. The van der Waals surface area contributed by atoms with Gasteiger partial charge in [0.15, 0.2) is 0 Å². The third-order valence-electron chi connectivity index (χ3n) is 3.23. The third-order valence-corrected chi connectivity index (χ3v) is 4.08. The highest BCUT2D eigenvalue weighted by atomic mass is 35.5. The number of hydrogen-bond acceptors (Lipinski definition) is 2. The van der Waals surface area contributed by atoms with Gasteiger partial charge in [-0.15, -0.1) is 0 Å². The van der Waals surface area contributed by atoms with Crippen molar-refractivity contribution in [1.29, 1.82) is 0 Å². The molecule has 0 unspecified atom stereocenters. The molecule has 2 rings (SSSR count). The maximum Gasteiger partial charge on any atom is 0.216 e. The van der Waals surface area contributed by atoms with Crippen LogP contribution in [-0.2, 0) is 11.2 Å². The molecule has 1 heterocycles. The van der Waals surface area contributed by atoms with Crippen LogP contribution in [0, 0.1) is 6.92 Å². The number of aromatic nitrogens is 1. The van der Waals surface area contributed by atoms with Gasteiger partial charge in [0.05, 0.1) is 17.6 Å². The summed E-state index contributed by atoms with van der Waals surface area (Å²) >= 11 is 12.4. The van der Waals surface area contributed by atoms with Gasteiger partial charge in [-0.2, -0.15) is 0 Å². The van der Waals surface area contributed by atoms with Gasteiger partial charge in [0.2, 0.25) is 5.91 Å². The molecule has 4 nitrogen and oxygen atoms in total. The number of fused-ring (bicyclic) bond motifs is 1. The topological polar surface area (TPSA) is 54.1 Å². The molecule has 2 N–H and O–H groups in total. The van der Waals surface area contributed by atoms with E-state index in [0.717, 1.165) is 22.2 Å². The molecule has 0 aliphatic rings. The zero-order valence-electron chi connectivity index (χ0n) is 11.6. The Hall–Kier alpha value is -1.39. The predicted molar refractivity (Wildman–Crippen MR) is 82.0 cm³/mol. The first-order valence-electron chi connectivity index (χ1n) is 6.23. The second-order valence-electron chi connectivity index (χ2n) is 4.59. The van der Waals surface area contributed by atoms with E-state index in [1.54, 1.807) is 7.11 Å². The van der Waals surface area contributed by atoms with Gasteiger partial charge < -0.3 is 15.0 Å². The number of benzene rings is 1. The maximum atomic E-state index is 10.9. The Bertz CT molecular complexity index is 665. The first-order chi connectivity index (χ1) is 9.45. The Labute approximate surface area is 127 Å². The van der Waals surface area contributed by atoms with E-state index in [1.165, 1.54) is 6.92 Å². The minimum absolute atomic E-state index is 0.0406. The van der Waals surface area contributed by atoms with Gasteiger partial charge in [-0.1, -0.05) is 23.2 Å². The average Bonchev–Trinajstić information content (AvgIpc) is 2.71. The van der Waals surface area contributed by atoms with Crippen LogP contribution < -0.4 is 10.1 Å². The van der Waals surface area contributed by atoms with Crippen LogP contribution in [0.25, 0.3) is 10.9 Å². The van der Waals surface area contributed by atoms with Crippen molar-refractivity contribution in [2.45, 2.75) is 20.3 Å². The summed E-state index contributed by atoms with van der Waals surface area (Å²) in [4.78, 5) is 14.2. The lowest BCUT2D eigenvalue weighted by molar-refractivity contribution is -0.118. The highest BCUT2D eigenvalue weighted by molar-refractivity contribution is 6.46. The van der Waals surface area contributed by atoms with E-state index < -0.39 is 0 Å². The van der Waals surface area contributed by atoms with Crippen LogP contribution in [0.4, 0.5) is 0 Å². The van der Waals surface area contributed by atoms with Crippen molar-refractivity contribution in [3.8, 4) is 5.75 Å². The lowest BCUT2D eigenvalue weighted by atomic mass is 10.1. The summed E-state index contributed by atoms with van der Waals surface area (Å²) in [6.45, 7) is 4.05. The van der Waals surface area contributed by atoms with E-state index in [-0.39, 0.29) is 5.91 Å². The lowest BCUT2D eigenvalue weighted by Gasteiger charge is -2.07. The van der Waals surface area contributed by atoms with Gasteiger partial charge in [-0.05, 0) is 25.0 Å². The van der Waals surface area contributed by atoms with E-state index in [9.17, 15) is 4.79 Å². The molecule has 0 aliphatic heterocycles. The first kappa shape index (κ1) is 15.0. The molecule has 0 fully saturated rings. The van der Waals surface area contributed by atoms with Gasteiger partial charge in [-0.3, -0.25) is 4.79 Å².